The molecule has 3 rings (SSSR count). The van der Waals surface area contributed by atoms with E-state index in [1.165, 1.54) is 18.2 Å². The quantitative estimate of drug-likeness (QED) is 0.607. The Morgan fingerprint density at radius 1 is 0.966 bits per heavy atom. The largest absolute Gasteiger partial charge is 0.354 e. The van der Waals surface area contributed by atoms with Gasteiger partial charge in [-0.15, -0.1) is 0 Å². The summed E-state index contributed by atoms with van der Waals surface area (Å²) in [6.07, 6.45) is 0.192. The van der Waals surface area contributed by atoms with Gasteiger partial charge in [0.25, 0.3) is 5.91 Å². The SMILES string of the molecule is N#CCCNC(=O)C(CNC(=O)c1ccccc1F)c1ccc2ccccc2c1. The van der Waals surface area contributed by atoms with Crippen LogP contribution in [0, 0.1) is 17.1 Å². The fourth-order valence-electron chi connectivity index (χ4n) is 3.09. The molecule has 0 aliphatic heterocycles. The second-order valence-corrected chi connectivity index (χ2v) is 6.55. The molecule has 0 fully saturated rings. The highest BCUT2D eigenvalue weighted by molar-refractivity contribution is 5.95. The lowest BCUT2D eigenvalue weighted by Gasteiger charge is -2.18. The smallest absolute Gasteiger partial charge is 0.254 e. The Bertz CT molecular complexity index is 1070. The van der Waals surface area contributed by atoms with Gasteiger partial charge in [-0.3, -0.25) is 9.59 Å². The molecule has 146 valence electrons. The van der Waals surface area contributed by atoms with Crippen molar-refractivity contribution in [3.8, 4) is 6.07 Å². The number of hydrogen-bond donors (Lipinski definition) is 2. The number of amides is 2. The summed E-state index contributed by atoms with van der Waals surface area (Å²) in [5, 5.41) is 16.1. The normalized spacial score (nSPS) is 11.4. The maximum Gasteiger partial charge on any atom is 0.254 e. The van der Waals surface area contributed by atoms with Gasteiger partial charge in [0.1, 0.15) is 5.82 Å². The molecule has 0 bridgehead atoms. The Morgan fingerprint density at radius 2 is 1.69 bits per heavy atom. The van der Waals surface area contributed by atoms with Gasteiger partial charge in [-0.1, -0.05) is 54.6 Å². The molecule has 1 atom stereocenters. The molecule has 0 aliphatic rings. The van der Waals surface area contributed by atoms with E-state index in [2.05, 4.69) is 10.6 Å². The minimum atomic E-state index is -0.672. The van der Waals surface area contributed by atoms with Crippen molar-refractivity contribution in [3.05, 3.63) is 83.7 Å². The van der Waals surface area contributed by atoms with Crippen LogP contribution in [0.2, 0.25) is 0 Å². The predicted molar refractivity (Wildman–Crippen MR) is 109 cm³/mol. The van der Waals surface area contributed by atoms with Crippen LogP contribution >= 0.6 is 0 Å². The second kappa shape index (κ2) is 9.47. The third kappa shape index (κ3) is 4.96. The molecule has 0 aliphatic carbocycles. The maximum absolute atomic E-state index is 13.9. The molecule has 0 saturated carbocycles. The van der Waals surface area contributed by atoms with E-state index in [9.17, 15) is 14.0 Å². The average Bonchev–Trinajstić information content (AvgIpc) is 2.74. The standard InChI is InChI=1S/C23H20FN3O2/c24-21-9-4-3-8-19(21)22(28)27-15-20(23(29)26-13-5-12-25)18-11-10-16-6-1-2-7-17(16)14-18/h1-4,6-11,14,20H,5,13,15H2,(H,26,29)(H,27,28). The van der Waals surface area contributed by atoms with Gasteiger partial charge >= 0.3 is 0 Å². The summed E-state index contributed by atoms with van der Waals surface area (Å²) in [5.41, 5.74) is 0.654. The van der Waals surface area contributed by atoms with Crippen LogP contribution < -0.4 is 10.6 Å². The van der Waals surface area contributed by atoms with Crippen molar-refractivity contribution < 1.29 is 14.0 Å². The lowest BCUT2D eigenvalue weighted by molar-refractivity contribution is -0.122. The minimum absolute atomic E-state index is 0.00386. The Kier molecular flexibility index (Phi) is 6.54. The molecule has 0 radical (unpaired) electrons. The monoisotopic (exact) mass is 389 g/mol. The summed E-state index contributed by atoms with van der Waals surface area (Å²) in [5.74, 6) is -2.18. The number of benzene rings is 3. The van der Waals surface area contributed by atoms with Crippen LogP contribution in [0.4, 0.5) is 4.39 Å². The van der Waals surface area contributed by atoms with Crippen LogP contribution in [0.25, 0.3) is 10.8 Å². The molecule has 0 spiro atoms. The number of nitrogens with zero attached hydrogens (tertiary/aromatic N) is 1. The van der Waals surface area contributed by atoms with E-state index in [0.29, 0.717) is 0 Å². The Balaban J connectivity index is 1.82. The van der Waals surface area contributed by atoms with Crippen molar-refractivity contribution >= 4 is 22.6 Å². The van der Waals surface area contributed by atoms with E-state index < -0.39 is 17.6 Å². The van der Waals surface area contributed by atoms with Crippen molar-refractivity contribution in [2.75, 3.05) is 13.1 Å². The van der Waals surface area contributed by atoms with Crippen LogP contribution in [0.1, 0.15) is 28.3 Å². The number of rotatable bonds is 7. The summed E-state index contributed by atoms with van der Waals surface area (Å²) < 4.78 is 13.9. The zero-order valence-corrected chi connectivity index (χ0v) is 15.7. The molecule has 0 aromatic heterocycles. The van der Waals surface area contributed by atoms with Gasteiger partial charge in [-0.25, -0.2) is 4.39 Å². The fourth-order valence-corrected chi connectivity index (χ4v) is 3.09. The lowest BCUT2D eigenvalue weighted by atomic mass is 9.95. The Labute approximate surface area is 168 Å². The molecule has 2 N–H and O–H groups in total. The first kappa shape index (κ1) is 20.0. The van der Waals surface area contributed by atoms with Crippen LogP contribution in [-0.2, 0) is 4.79 Å². The first-order valence-corrected chi connectivity index (χ1v) is 9.26. The molecule has 3 aromatic carbocycles. The number of fused-ring (bicyclic) bond motifs is 1. The van der Waals surface area contributed by atoms with E-state index in [1.54, 1.807) is 6.07 Å². The number of nitrogens with one attached hydrogen (secondary N) is 2. The fraction of sp³-hybridized carbons (Fsp3) is 0.174. The van der Waals surface area contributed by atoms with Gasteiger partial charge in [0.05, 0.1) is 24.0 Å². The van der Waals surface area contributed by atoms with Crippen molar-refractivity contribution in [2.45, 2.75) is 12.3 Å². The van der Waals surface area contributed by atoms with Gasteiger partial charge < -0.3 is 10.6 Å². The Morgan fingerprint density at radius 3 is 2.45 bits per heavy atom. The first-order chi connectivity index (χ1) is 14.1. The van der Waals surface area contributed by atoms with Gasteiger partial charge in [0.15, 0.2) is 0 Å². The summed E-state index contributed by atoms with van der Waals surface area (Å²) in [6.45, 7) is 0.227. The highest BCUT2D eigenvalue weighted by Crippen LogP contribution is 2.22. The molecule has 0 saturated heterocycles. The van der Waals surface area contributed by atoms with Crippen molar-refractivity contribution in [1.82, 2.24) is 10.6 Å². The molecule has 2 amide bonds. The maximum atomic E-state index is 13.9. The third-order valence-electron chi connectivity index (χ3n) is 4.61. The number of halogens is 1. The molecule has 29 heavy (non-hydrogen) atoms. The predicted octanol–water partition coefficient (Wildman–Crippen LogP) is 3.52. The minimum Gasteiger partial charge on any atom is -0.354 e. The van der Waals surface area contributed by atoms with Crippen LogP contribution in [-0.4, -0.2) is 24.9 Å². The van der Waals surface area contributed by atoms with Gasteiger partial charge in [-0.05, 0) is 28.5 Å². The van der Waals surface area contributed by atoms with Crippen molar-refractivity contribution in [2.24, 2.45) is 0 Å². The number of carbonyl (C=O) groups is 2. The number of hydrogen-bond acceptors (Lipinski definition) is 3. The zero-order valence-electron chi connectivity index (χ0n) is 15.7. The van der Waals surface area contributed by atoms with Gasteiger partial charge in [0.2, 0.25) is 5.91 Å². The zero-order chi connectivity index (χ0) is 20.6. The topological polar surface area (TPSA) is 82.0 Å². The van der Waals surface area contributed by atoms with E-state index in [4.69, 9.17) is 5.26 Å². The summed E-state index contributed by atoms with van der Waals surface area (Å²) in [7, 11) is 0. The summed E-state index contributed by atoms with van der Waals surface area (Å²) in [4.78, 5) is 25.1. The van der Waals surface area contributed by atoms with Crippen LogP contribution in [0.3, 0.4) is 0 Å². The average molecular weight is 389 g/mol. The molecule has 1 unspecified atom stereocenters. The number of carbonyl (C=O) groups excluding carboxylic acids is 2. The van der Waals surface area contributed by atoms with E-state index in [1.807, 2.05) is 48.5 Å². The van der Waals surface area contributed by atoms with E-state index >= 15 is 0 Å². The summed E-state index contributed by atoms with van der Waals surface area (Å²) in [6, 6.07) is 21.1. The van der Waals surface area contributed by atoms with E-state index in [-0.39, 0.29) is 31.0 Å². The van der Waals surface area contributed by atoms with Gasteiger partial charge in [0, 0.05) is 13.1 Å². The molecular formula is C23H20FN3O2. The van der Waals surface area contributed by atoms with Crippen LogP contribution in [0.15, 0.2) is 66.7 Å². The van der Waals surface area contributed by atoms with Crippen LogP contribution in [0.5, 0.6) is 0 Å². The Hall–Kier alpha value is -3.72. The highest BCUT2D eigenvalue weighted by atomic mass is 19.1. The molecule has 5 nitrogen and oxygen atoms in total. The number of nitriles is 1. The van der Waals surface area contributed by atoms with E-state index in [0.717, 1.165) is 16.3 Å². The molecule has 6 heteroatoms. The third-order valence-corrected chi connectivity index (χ3v) is 4.61. The lowest BCUT2D eigenvalue weighted by Crippen LogP contribution is -2.38. The molecule has 0 heterocycles. The van der Waals surface area contributed by atoms with Crippen molar-refractivity contribution in [3.63, 3.8) is 0 Å². The first-order valence-electron chi connectivity index (χ1n) is 9.26. The van der Waals surface area contributed by atoms with Gasteiger partial charge in [-0.2, -0.15) is 5.26 Å². The second-order valence-electron chi connectivity index (χ2n) is 6.55. The summed E-state index contributed by atoms with van der Waals surface area (Å²) >= 11 is 0. The highest BCUT2D eigenvalue weighted by Gasteiger charge is 2.22. The molecular weight excluding hydrogens is 369 g/mol. The van der Waals surface area contributed by atoms with Crippen molar-refractivity contribution in [1.29, 1.82) is 5.26 Å². The molecule has 3 aromatic rings.